The second-order valence-electron chi connectivity index (χ2n) is 6.22. The first-order chi connectivity index (χ1) is 12.2. The first kappa shape index (κ1) is 18.7. The van der Waals surface area contributed by atoms with Crippen LogP contribution in [0.2, 0.25) is 5.02 Å². The Bertz CT molecular complexity index is 911. The van der Waals surface area contributed by atoms with E-state index in [9.17, 15) is 4.79 Å². The Morgan fingerprint density at radius 2 is 2.12 bits per heavy atom. The van der Waals surface area contributed by atoms with Crippen molar-refractivity contribution >= 4 is 40.9 Å². The van der Waals surface area contributed by atoms with Gasteiger partial charge in [0.05, 0.1) is 12.5 Å². The molecule has 3 aromatic rings. The number of amides is 1. The van der Waals surface area contributed by atoms with Gasteiger partial charge < -0.3 is 15.2 Å². The lowest BCUT2D eigenvalue weighted by molar-refractivity contribution is -0.133. The lowest BCUT2D eigenvalue weighted by Crippen LogP contribution is -2.49. The van der Waals surface area contributed by atoms with Crippen molar-refractivity contribution in [2.45, 2.75) is 12.5 Å². The number of benzene rings is 1. The number of hydrogen-bond donors (Lipinski definition) is 2. The number of aromatic amines is 1. The highest BCUT2D eigenvalue weighted by atomic mass is 35.5. The van der Waals surface area contributed by atoms with Crippen LogP contribution in [0.3, 0.4) is 0 Å². The van der Waals surface area contributed by atoms with Crippen LogP contribution in [0, 0.1) is 0 Å². The van der Waals surface area contributed by atoms with E-state index in [0.29, 0.717) is 24.5 Å². The molecule has 0 radical (unpaired) electrons. The molecule has 1 aliphatic rings. The Kier molecular flexibility index (Phi) is 5.81. The normalized spacial score (nSPS) is 17.1. The fraction of sp³-hybridized carbons (Fsp3) is 0.263. The molecule has 7 heteroatoms. The Morgan fingerprint density at radius 1 is 1.27 bits per heavy atom. The molecule has 0 aliphatic carbocycles. The fourth-order valence-corrected chi connectivity index (χ4v) is 3.71. The van der Waals surface area contributed by atoms with Gasteiger partial charge in [0.25, 0.3) is 0 Å². The van der Waals surface area contributed by atoms with Crippen molar-refractivity contribution in [1.29, 1.82) is 0 Å². The van der Waals surface area contributed by atoms with E-state index in [4.69, 9.17) is 11.6 Å². The van der Waals surface area contributed by atoms with E-state index in [-0.39, 0.29) is 24.4 Å². The van der Waals surface area contributed by atoms with E-state index >= 15 is 0 Å². The van der Waals surface area contributed by atoms with Crippen LogP contribution in [-0.4, -0.2) is 40.4 Å². The van der Waals surface area contributed by atoms with Gasteiger partial charge in [0.2, 0.25) is 5.91 Å². The highest BCUT2D eigenvalue weighted by Crippen LogP contribution is 2.29. The molecule has 1 aromatic carbocycles. The second-order valence-corrected chi connectivity index (χ2v) is 6.63. The summed E-state index contributed by atoms with van der Waals surface area (Å²) in [4.78, 5) is 22.4. The van der Waals surface area contributed by atoms with E-state index in [1.54, 1.807) is 6.20 Å². The molecule has 26 heavy (non-hydrogen) atoms. The Labute approximate surface area is 163 Å². The number of H-pyrrole nitrogens is 1. The molecule has 1 fully saturated rings. The third-order valence-electron chi connectivity index (χ3n) is 4.71. The monoisotopic (exact) mass is 390 g/mol. The summed E-state index contributed by atoms with van der Waals surface area (Å²) in [5.74, 6) is 0.108. The van der Waals surface area contributed by atoms with Crippen LogP contribution < -0.4 is 5.32 Å². The lowest BCUT2D eigenvalue weighted by Gasteiger charge is -2.37. The largest absolute Gasteiger partial charge is 0.346 e. The van der Waals surface area contributed by atoms with Gasteiger partial charge in [0.1, 0.15) is 5.65 Å². The standard InChI is InChI=1S/C19H19ClN4O.ClH/c20-16-6-2-1-4-15(16)17-12-21-8-9-24(17)18(25)10-13-11-23-19-14(13)5-3-7-22-19;/h1-7,11,17,21H,8-10,12H2,(H,22,23);1H. The van der Waals surface area contributed by atoms with Gasteiger partial charge in [-0.2, -0.15) is 0 Å². The van der Waals surface area contributed by atoms with Crippen LogP contribution in [0.15, 0.2) is 48.8 Å². The first-order valence-corrected chi connectivity index (χ1v) is 8.77. The van der Waals surface area contributed by atoms with Crippen LogP contribution in [0.25, 0.3) is 11.0 Å². The molecule has 2 aromatic heterocycles. The second kappa shape index (κ2) is 8.08. The lowest BCUT2D eigenvalue weighted by atomic mass is 10.0. The number of carbonyl (C=O) groups excluding carboxylic acids is 1. The maximum Gasteiger partial charge on any atom is 0.227 e. The summed E-state index contributed by atoms with van der Waals surface area (Å²) in [6.45, 7) is 2.18. The van der Waals surface area contributed by atoms with Gasteiger partial charge in [0.15, 0.2) is 0 Å². The van der Waals surface area contributed by atoms with Crippen LogP contribution in [-0.2, 0) is 11.2 Å². The number of halogens is 2. The predicted molar refractivity (Wildman–Crippen MR) is 106 cm³/mol. The van der Waals surface area contributed by atoms with Crippen molar-refractivity contribution in [2.75, 3.05) is 19.6 Å². The van der Waals surface area contributed by atoms with Crippen molar-refractivity contribution in [3.8, 4) is 0 Å². The summed E-state index contributed by atoms with van der Waals surface area (Å²) in [6, 6.07) is 11.6. The van der Waals surface area contributed by atoms with Crippen LogP contribution in [0.1, 0.15) is 17.2 Å². The highest BCUT2D eigenvalue weighted by Gasteiger charge is 2.29. The van der Waals surface area contributed by atoms with Crippen LogP contribution in [0.4, 0.5) is 0 Å². The average molecular weight is 391 g/mol. The topological polar surface area (TPSA) is 61.0 Å². The Morgan fingerprint density at radius 3 is 2.96 bits per heavy atom. The zero-order valence-corrected chi connectivity index (χ0v) is 15.7. The molecule has 1 unspecified atom stereocenters. The van der Waals surface area contributed by atoms with E-state index in [1.807, 2.05) is 47.5 Å². The van der Waals surface area contributed by atoms with Crippen molar-refractivity contribution in [2.24, 2.45) is 0 Å². The van der Waals surface area contributed by atoms with Gasteiger partial charge in [-0.05, 0) is 29.3 Å². The minimum absolute atomic E-state index is 0. The van der Waals surface area contributed by atoms with E-state index in [2.05, 4.69) is 15.3 Å². The quantitative estimate of drug-likeness (QED) is 0.720. The van der Waals surface area contributed by atoms with Gasteiger partial charge in [-0.1, -0.05) is 29.8 Å². The molecule has 136 valence electrons. The molecule has 0 saturated carbocycles. The number of fused-ring (bicyclic) bond motifs is 1. The number of aromatic nitrogens is 2. The third kappa shape index (κ3) is 3.56. The van der Waals surface area contributed by atoms with Crippen molar-refractivity contribution in [1.82, 2.24) is 20.2 Å². The average Bonchev–Trinajstić information content (AvgIpc) is 3.05. The molecule has 1 saturated heterocycles. The number of carbonyl (C=O) groups is 1. The van der Waals surface area contributed by atoms with Crippen molar-refractivity contribution < 1.29 is 4.79 Å². The van der Waals surface area contributed by atoms with Crippen LogP contribution in [0.5, 0.6) is 0 Å². The van der Waals surface area contributed by atoms with Gasteiger partial charge >= 0.3 is 0 Å². The van der Waals surface area contributed by atoms with Crippen LogP contribution >= 0.6 is 24.0 Å². The zero-order chi connectivity index (χ0) is 17.2. The summed E-state index contributed by atoms with van der Waals surface area (Å²) in [5, 5.41) is 5.06. The van der Waals surface area contributed by atoms with Gasteiger partial charge in [-0.25, -0.2) is 4.98 Å². The summed E-state index contributed by atoms with van der Waals surface area (Å²) in [7, 11) is 0. The van der Waals surface area contributed by atoms with E-state index < -0.39 is 0 Å². The van der Waals surface area contributed by atoms with Crippen molar-refractivity contribution in [3.05, 3.63) is 64.9 Å². The summed E-state index contributed by atoms with van der Waals surface area (Å²) in [6.07, 6.45) is 3.98. The minimum atomic E-state index is -0.0433. The SMILES string of the molecule is Cl.O=C(Cc1c[nH]c2ncccc12)N1CCNCC1c1ccccc1Cl. The summed E-state index contributed by atoms with van der Waals surface area (Å²) in [5.41, 5.74) is 2.78. The van der Waals surface area contributed by atoms with Crippen molar-refractivity contribution in [3.63, 3.8) is 0 Å². The Balaban J connectivity index is 0.00000196. The molecule has 5 nitrogen and oxygen atoms in total. The molecular formula is C19H20Cl2N4O. The van der Waals surface area contributed by atoms with Gasteiger partial charge in [-0.15, -0.1) is 12.4 Å². The number of nitrogens with zero attached hydrogens (tertiary/aromatic N) is 2. The summed E-state index contributed by atoms with van der Waals surface area (Å²) >= 11 is 6.37. The smallest absolute Gasteiger partial charge is 0.227 e. The number of nitrogens with one attached hydrogen (secondary N) is 2. The molecule has 3 heterocycles. The number of piperazine rings is 1. The third-order valence-corrected chi connectivity index (χ3v) is 5.05. The Hall–Kier alpha value is -2.08. The number of pyridine rings is 1. The molecule has 1 amide bonds. The predicted octanol–water partition coefficient (Wildman–Crippen LogP) is 3.35. The van der Waals surface area contributed by atoms with E-state index in [1.165, 1.54) is 0 Å². The molecule has 0 spiro atoms. The number of hydrogen-bond acceptors (Lipinski definition) is 3. The maximum atomic E-state index is 13.0. The molecule has 4 rings (SSSR count). The molecule has 0 bridgehead atoms. The number of rotatable bonds is 3. The maximum absolute atomic E-state index is 13.0. The van der Waals surface area contributed by atoms with Gasteiger partial charge in [-0.3, -0.25) is 4.79 Å². The van der Waals surface area contributed by atoms with Gasteiger partial charge in [0, 0.05) is 42.4 Å². The molecule has 1 atom stereocenters. The zero-order valence-electron chi connectivity index (χ0n) is 14.1. The minimum Gasteiger partial charge on any atom is -0.346 e. The summed E-state index contributed by atoms with van der Waals surface area (Å²) < 4.78 is 0. The molecule has 1 aliphatic heterocycles. The first-order valence-electron chi connectivity index (χ1n) is 8.39. The fourth-order valence-electron chi connectivity index (χ4n) is 3.45. The highest BCUT2D eigenvalue weighted by molar-refractivity contribution is 6.31. The molecule has 2 N–H and O–H groups in total. The molecular weight excluding hydrogens is 371 g/mol. The van der Waals surface area contributed by atoms with E-state index in [0.717, 1.165) is 28.7 Å².